The Hall–Kier alpha value is -1.32. The zero-order valence-corrected chi connectivity index (χ0v) is 12.5. The highest BCUT2D eigenvalue weighted by atomic mass is 15.2. The lowest BCUT2D eigenvalue weighted by atomic mass is 9.95. The van der Waals surface area contributed by atoms with E-state index in [9.17, 15) is 0 Å². The van der Waals surface area contributed by atoms with E-state index in [1.165, 1.54) is 0 Å². The number of rotatable bonds is 4. The summed E-state index contributed by atoms with van der Waals surface area (Å²) >= 11 is 0. The summed E-state index contributed by atoms with van der Waals surface area (Å²) in [6, 6.07) is 2.35. The first-order chi connectivity index (χ1) is 8.29. The quantitative estimate of drug-likeness (QED) is 0.892. The Bertz CT molecular complexity index is 391. The Morgan fingerprint density at radius 2 is 1.78 bits per heavy atom. The molecule has 1 heterocycles. The normalized spacial score (nSPS) is 11.9. The second-order valence-electron chi connectivity index (χ2n) is 5.81. The van der Waals surface area contributed by atoms with Crippen molar-refractivity contribution in [2.45, 2.75) is 58.9 Å². The Morgan fingerprint density at radius 1 is 1.22 bits per heavy atom. The first-order valence-electron chi connectivity index (χ1n) is 6.67. The lowest BCUT2D eigenvalue weighted by molar-refractivity contribution is 0.538. The number of hydrogen-bond acceptors (Lipinski definition) is 4. The van der Waals surface area contributed by atoms with Gasteiger partial charge in [-0.25, -0.2) is 9.97 Å². The summed E-state index contributed by atoms with van der Waals surface area (Å²) < 4.78 is 0. The third kappa shape index (κ3) is 3.34. The van der Waals surface area contributed by atoms with Gasteiger partial charge in [0, 0.05) is 24.6 Å². The van der Waals surface area contributed by atoms with Crippen LogP contribution in [-0.4, -0.2) is 23.1 Å². The Morgan fingerprint density at radius 3 is 2.22 bits per heavy atom. The molecule has 2 N–H and O–H groups in total. The molecule has 4 nitrogen and oxygen atoms in total. The van der Waals surface area contributed by atoms with E-state index in [1.54, 1.807) is 0 Å². The van der Waals surface area contributed by atoms with Gasteiger partial charge in [0.15, 0.2) is 0 Å². The standard InChI is InChI=1S/C14H26N4/c1-7-10(8-2)18(6)12-9-11(15)16-13(17-12)14(3,4)5/h9-10H,7-8H2,1-6H3,(H2,15,16,17). The van der Waals surface area contributed by atoms with Crippen LogP contribution < -0.4 is 10.6 Å². The highest BCUT2D eigenvalue weighted by Crippen LogP contribution is 2.24. The fourth-order valence-corrected chi connectivity index (χ4v) is 1.99. The molecule has 0 radical (unpaired) electrons. The number of anilines is 2. The summed E-state index contributed by atoms with van der Waals surface area (Å²) in [5.41, 5.74) is 5.81. The molecule has 0 aliphatic carbocycles. The fraction of sp³-hybridized carbons (Fsp3) is 0.714. The van der Waals surface area contributed by atoms with E-state index < -0.39 is 0 Å². The third-order valence-electron chi connectivity index (χ3n) is 3.25. The molecule has 0 unspecified atom stereocenters. The summed E-state index contributed by atoms with van der Waals surface area (Å²) in [5, 5.41) is 0. The Kier molecular flexibility index (Phi) is 4.54. The molecule has 0 saturated carbocycles. The monoisotopic (exact) mass is 250 g/mol. The Balaban J connectivity index is 3.13. The van der Waals surface area contributed by atoms with E-state index in [2.05, 4.69) is 56.5 Å². The lowest BCUT2D eigenvalue weighted by Crippen LogP contribution is -2.32. The van der Waals surface area contributed by atoms with Crippen LogP contribution >= 0.6 is 0 Å². The maximum absolute atomic E-state index is 5.90. The molecule has 0 aromatic carbocycles. The summed E-state index contributed by atoms with van der Waals surface area (Å²) in [7, 11) is 2.08. The predicted octanol–water partition coefficient (Wildman–Crippen LogP) is 2.98. The molecular formula is C14H26N4. The second-order valence-corrected chi connectivity index (χ2v) is 5.81. The molecule has 1 aromatic rings. The predicted molar refractivity (Wildman–Crippen MR) is 77.9 cm³/mol. The van der Waals surface area contributed by atoms with Gasteiger partial charge in [-0.1, -0.05) is 34.6 Å². The van der Waals surface area contributed by atoms with E-state index in [0.717, 1.165) is 24.5 Å². The first kappa shape index (κ1) is 14.7. The van der Waals surface area contributed by atoms with Crippen LogP contribution in [0.3, 0.4) is 0 Å². The van der Waals surface area contributed by atoms with Crippen molar-refractivity contribution in [2.75, 3.05) is 17.7 Å². The molecule has 0 saturated heterocycles. The van der Waals surface area contributed by atoms with Gasteiger partial charge in [-0.15, -0.1) is 0 Å². The maximum atomic E-state index is 5.90. The number of nitrogen functional groups attached to an aromatic ring is 1. The Labute approximate surface area is 111 Å². The molecule has 0 amide bonds. The minimum atomic E-state index is -0.0844. The minimum Gasteiger partial charge on any atom is -0.384 e. The highest BCUT2D eigenvalue weighted by molar-refractivity contribution is 5.47. The zero-order chi connectivity index (χ0) is 13.9. The summed E-state index contributed by atoms with van der Waals surface area (Å²) in [4.78, 5) is 11.2. The number of nitrogens with two attached hydrogens (primary N) is 1. The van der Waals surface area contributed by atoms with Gasteiger partial charge < -0.3 is 10.6 Å². The van der Waals surface area contributed by atoms with Gasteiger partial charge in [0.2, 0.25) is 0 Å². The van der Waals surface area contributed by atoms with Crippen molar-refractivity contribution in [1.29, 1.82) is 0 Å². The molecule has 0 atom stereocenters. The average Bonchev–Trinajstić information content (AvgIpc) is 2.28. The van der Waals surface area contributed by atoms with E-state index >= 15 is 0 Å². The van der Waals surface area contributed by atoms with Crippen LogP contribution in [0.15, 0.2) is 6.07 Å². The smallest absolute Gasteiger partial charge is 0.138 e. The van der Waals surface area contributed by atoms with Crippen LogP contribution in [0.25, 0.3) is 0 Å². The lowest BCUT2D eigenvalue weighted by Gasteiger charge is -2.28. The highest BCUT2D eigenvalue weighted by Gasteiger charge is 2.21. The van der Waals surface area contributed by atoms with Gasteiger partial charge in [-0.3, -0.25) is 0 Å². The second kappa shape index (κ2) is 5.55. The van der Waals surface area contributed by atoms with Gasteiger partial charge in [0.05, 0.1) is 0 Å². The summed E-state index contributed by atoms with van der Waals surface area (Å²) in [6.07, 6.45) is 2.20. The molecule has 0 aliphatic heterocycles. The van der Waals surface area contributed by atoms with Crippen molar-refractivity contribution in [2.24, 2.45) is 0 Å². The number of hydrogen-bond donors (Lipinski definition) is 1. The largest absolute Gasteiger partial charge is 0.384 e. The molecule has 0 aliphatic rings. The molecular weight excluding hydrogens is 224 g/mol. The molecule has 4 heteroatoms. The van der Waals surface area contributed by atoms with Gasteiger partial charge in [0.1, 0.15) is 17.5 Å². The maximum Gasteiger partial charge on any atom is 0.138 e. The summed E-state index contributed by atoms with van der Waals surface area (Å²) in [5.74, 6) is 2.26. The van der Waals surface area contributed by atoms with Crippen LogP contribution in [0.1, 0.15) is 53.3 Å². The average molecular weight is 250 g/mol. The van der Waals surface area contributed by atoms with Gasteiger partial charge in [-0.05, 0) is 12.8 Å². The SMILES string of the molecule is CCC(CC)N(C)c1cc(N)nc(C(C)(C)C)n1. The fourth-order valence-electron chi connectivity index (χ4n) is 1.99. The molecule has 0 fully saturated rings. The van der Waals surface area contributed by atoms with E-state index in [4.69, 9.17) is 5.73 Å². The van der Waals surface area contributed by atoms with Crippen molar-refractivity contribution >= 4 is 11.6 Å². The molecule has 0 spiro atoms. The van der Waals surface area contributed by atoms with Gasteiger partial charge in [0.25, 0.3) is 0 Å². The zero-order valence-electron chi connectivity index (χ0n) is 12.5. The van der Waals surface area contributed by atoms with E-state index in [1.807, 2.05) is 6.07 Å². The van der Waals surface area contributed by atoms with Crippen LogP contribution in [-0.2, 0) is 5.41 Å². The number of aromatic nitrogens is 2. The molecule has 1 rings (SSSR count). The minimum absolute atomic E-state index is 0.0844. The molecule has 1 aromatic heterocycles. The van der Waals surface area contributed by atoms with Gasteiger partial charge >= 0.3 is 0 Å². The van der Waals surface area contributed by atoms with Crippen LogP contribution in [0, 0.1) is 0 Å². The van der Waals surface area contributed by atoms with Crippen molar-refractivity contribution < 1.29 is 0 Å². The third-order valence-corrected chi connectivity index (χ3v) is 3.25. The molecule has 102 valence electrons. The topological polar surface area (TPSA) is 55.0 Å². The van der Waals surface area contributed by atoms with Crippen molar-refractivity contribution in [3.05, 3.63) is 11.9 Å². The van der Waals surface area contributed by atoms with Crippen molar-refractivity contribution in [3.63, 3.8) is 0 Å². The van der Waals surface area contributed by atoms with E-state index in [0.29, 0.717) is 11.9 Å². The van der Waals surface area contributed by atoms with Crippen molar-refractivity contribution in [3.8, 4) is 0 Å². The number of nitrogens with zero attached hydrogens (tertiary/aromatic N) is 3. The van der Waals surface area contributed by atoms with Gasteiger partial charge in [-0.2, -0.15) is 0 Å². The van der Waals surface area contributed by atoms with Crippen LogP contribution in [0.4, 0.5) is 11.6 Å². The molecule has 18 heavy (non-hydrogen) atoms. The van der Waals surface area contributed by atoms with E-state index in [-0.39, 0.29) is 5.41 Å². The van der Waals surface area contributed by atoms with Crippen molar-refractivity contribution in [1.82, 2.24) is 9.97 Å². The molecule has 0 bridgehead atoms. The van der Waals surface area contributed by atoms with Crippen LogP contribution in [0.2, 0.25) is 0 Å². The van der Waals surface area contributed by atoms with Crippen LogP contribution in [0.5, 0.6) is 0 Å². The first-order valence-corrected chi connectivity index (χ1v) is 6.67. The summed E-state index contributed by atoms with van der Waals surface area (Å²) in [6.45, 7) is 10.7.